The summed E-state index contributed by atoms with van der Waals surface area (Å²) in [4.78, 5) is 38.3. The van der Waals surface area contributed by atoms with Crippen LogP contribution in [0.3, 0.4) is 0 Å². The Balaban J connectivity index is 1.61. The zero-order valence-electron chi connectivity index (χ0n) is 15.8. The molecule has 2 aromatic rings. The lowest BCUT2D eigenvalue weighted by molar-refractivity contribution is -0.123. The van der Waals surface area contributed by atoms with Gasteiger partial charge < -0.3 is 16.0 Å². The molecule has 6 heteroatoms. The van der Waals surface area contributed by atoms with Crippen molar-refractivity contribution < 1.29 is 14.4 Å². The molecule has 3 amide bonds. The fraction of sp³-hybridized carbons (Fsp3) is 0.318. The number of carbonyl (C=O) groups excluding carboxylic acids is 3. The molecule has 0 aliphatic carbocycles. The van der Waals surface area contributed by atoms with E-state index in [1.165, 1.54) is 0 Å². The van der Waals surface area contributed by atoms with Crippen LogP contribution in [0.15, 0.2) is 54.6 Å². The number of aryl methyl sites for hydroxylation is 1. The molecule has 0 atom stereocenters. The molecule has 0 spiro atoms. The molecular formula is C22H25N3O3. The highest BCUT2D eigenvalue weighted by molar-refractivity contribution is 6.03. The molecule has 3 N–H and O–H groups in total. The van der Waals surface area contributed by atoms with Gasteiger partial charge in [-0.1, -0.05) is 42.5 Å². The first-order chi connectivity index (χ1) is 13.5. The van der Waals surface area contributed by atoms with Crippen molar-refractivity contribution in [3.63, 3.8) is 0 Å². The number of hydrogen-bond acceptors (Lipinski definition) is 3. The summed E-state index contributed by atoms with van der Waals surface area (Å²) in [6.45, 7) is 0.978. The van der Waals surface area contributed by atoms with Crippen molar-refractivity contribution in [2.75, 3.05) is 18.4 Å². The molecule has 1 aliphatic rings. The smallest absolute Gasteiger partial charge is 0.255 e. The van der Waals surface area contributed by atoms with Crippen LogP contribution in [-0.2, 0) is 16.0 Å². The number of hydrogen-bond donors (Lipinski definition) is 2. The van der Waals surface area contributed by atoms with Gasteiger partial charge >= 0.3 is 0 Å². The molecule has 28 heavy (non-hydrogen) atoms. The predicted octanol–water partition coefficient (Wildman–Crippen LogP) is 2.60. The van der Waals surface area contributed by atoms with Gasteiger partial charge in [-0.2, -0.15) is 0 Å². The van der Waals surface area contributed by atoms with Crippen molar-refractivity contribution in [1.29, 1.82) is 0 Å². The topological polar surface area (TPSA) is 92.5 Å². The van der Waals surface area contributed by atoms with Crippen molar-refractivity contribution in [2.24, 2.45) is 11.7 Å². The van der Waals surface area contributed by atoms with Gasteiger partial charge in [0.05, 0.1) is 11.3 Å². The number of piperidine rings is 1. The fourth-order valence-corrected chi connectivity index (χ4v) is 3.43. The number of anilines is 1. The molecular weight excluding hydrogens is 354 g/mol. The zero-order chi connectivity index (χ0) is 19.9. The number of benzene rings is 2. The third kappa shape index (κ3) is 4.97. The summed E-state index contributed by atoms with van der Waals surface area (Å²) in [5.74, 6) is -0.742. The van der Waals surface area contributed by atoms with Crippen LogP contribution in [0.2, 0.25) is 0 Å². The van der Waals surface area contributed by atoms with E-state index in [0.29, 0.717) is 50.0 Å². The molecule has 1 saturated heterocycles. The van der Waals surface area contributed by atoms with E-state index in [1.54, 1.807) is 29.2 Å². The molecule has 0 radical (unpaired) electrons. The van der Waals surface area contributed by atoms with Crippen molar-refractivity contribution >= 4 is 23.4 Å². The lowest BCUT2D eigenvalue weighted by Crippen LogP contribution is -2.42. The molecule has 6 nitrogen and oxygen atoms in total. The summed E-state index contributed by atoms with van der Waals surface area (Å²) in [6.07, 6.45) is 2.14. The third-order valence-corrected chi connectivity index (χ3v) is 5.10. The summed E-state index contributed by atoms with van der Waals surface area (Å²) in [5, 5.41) is 2.87. The lowest BCUT2D eigenvalue weighted by Gasteiger charge is -2.31. The standard InChI is InChI=1S/C22H25N3O3/c23-21(27)17-12-14-25(15-13-17)22(28)18-8-4-5-9-19(18)24-20(26)11-10-16-6-2-1-3-7-16/h1-9,17H,10-15H2,(H2,23,27)(H,24,26). The average molecular weight is 379 g/mol. The fourth-order valence-electron chi connectivity index (χ4n) is 3.43. The number of amides is 3. The van der Waals surface area contributed by atoms with E-state index in [-0.39, 0.29) is 23.6 Å². The normalized spacial score (nSPS) is 14.5. The molecule has 2 aromatic carbocycles. The highest BCUT2D eigenvalue weighted by Gasteiger charge is 2.27. The Labute approximate surface area is 164 Å². The van der Waals surface area contributed by atoms with Crippen molar-refractivity contribution in [3.05, 3.63) is 65.7 Å². The first-order valence-electron chi connectivity index (χ1n) is 9.56. The van der Waals surface area contributed by atoms with Crippen LogP contribution in [-0.4, -0.2) is 35.7 Å². The SMILES string of the molecule is NC(=O)C1CCN(C(=O)c2ccccc2NC(=O)CCc2ccccc2)CC1. The molecule has 1 fully saturated rings. The molecule has 0 bridgehead atoms. The highest BCUT2D eigenvalue weighted by Crippen LogP contribution is 2.22. The Morgan fingerprint density at radius 1 is 0.964 bits per heavy atom. The number of carbonyl (C=O) groups is 3. The second-order valence-corrected chi connectivity index (χ2v) is 7.05. The first kappa shape index (κ1) is 19.6. The second kappa shape index (κ2) is 9.17. The number of nitrogens with zero attached hydrogens (tertiary/aromatic N) is 1. The van der Waals surface area contributed by atoms with Crippen LogP contribution < -0.4 is 11.1 Å². The summed E-state index contributed by atoms with van der Waals surface area (Å²) >= 11 is 0. The lowest BCUT2D eigenvalue weighted by atomic mass is 9.95. The number of rotatable bonds is 6. The van der Waals surface area contributed by atoms with Crippen LogP contribution in [0.1, 0.15) is 35.2 Å². The van der Waals surface area contributed by atoms with Gasteiger partial charge in [-0.15, -0.1) is 0 Å². The van der Waals surface area contributed by atoms with E-state index in [4.69, 9.17) is 5.73 Å². The Morgan fingerprint density at radius 2 is 1.61 bits per heavy atom. The van der Waals surface area contributed by atoms with Crippen LogP contribution >= 0.6 is 0 Å². The number of nitrogens with two attached hydrogens (primary N) is 1. The van der Waals surface area contributed by atoms with Crippen LogP contribution in [0, 0.1) is 5.92 Å². The average Bonchev–Trinajstić information content (AvgIpc) is 2.73. The van der Waals surface area contributed by atoms with E-state index < -0.39 is 0 Å². The Morgan fingerprint density at radius 3 is 2.29 bits per heavy atom. The maximum atomic E-state index is 12.9. The monoisotopic (exact) mass is 379 g/mol. The van der Waals surface area contributed by atoms with E-state index in [1.807, 2.05) is 30.3 Å². The molecule has 1 heterocycles. The van der Waals surface area contributed by atoms with Gasteiger partial charge in [-0.25, -0.2) is 0 Å². The van der Waals surface area contributed by atoms with Gasteiger partial charge in [-0.05, 0) is 37.0 Å². The Kier molecular flexibility index (Phi) is 6.42. The predicted molar refractivity (Wildman–Crippen MR) is 108 cm³/mol. The van der Waals surface area contributed by atoms with Crippen molar-refractivity contribution in [2.45, 2.75) is 25.7 Å². The Bertz CT molecular complexity index is 843. The Hall–Kier alpha value is -3.15. The first-order valence-corrected chi connectivity index (χ1v) is 9.56. The van der Waals surface area contributed by atoms with E-state index in [0.717, 1.165) is 5.56 Å². The van der Waals surface area contributed by atoms with Crippen LogP contribution in [0.25, 0.3) is 0 Å². The molecule has 0 saturated carbocycles. The van der Waals surface area contributed by atoms with Gasteiger partial charge in [0.15, 0.2) is 0 Å². The third-order valence-electron chi connectivity index (χ3n) is 5.10. The molecule has 0 aromatic heterocycles. The summed E-state index contributed by atoms with van der Waals surface area (Å²) in [5.41, 5.74) is 7.44. The van der Waals surface area contributed by atoms with Crippen molar-refractivity contribution in [1.82, 2.24) is 4.90 Å². The van der Waals surface area contributed by atoms with Gasteiger partial charge in [0.25, 0.3) is 5.91 Å². The summed E-state index contributed by atoms with van der Waals surface area (Å²) < 4.78 is 0. The number of para-hydroxylation sites is 1. The number of likely N-dealkylation sites (tertiary alicyclic amines) is 1. The van der Waals surface area contributed by atoms with Crippen LogP contribution in [0.4, 0.5) is 5.69 Å². The maximum absolute atomic E-state index is 12.9. The van der Waals surface area contributed by atoms with E-state index in [9.17, 15) is 14.4 Å². The van der Waals surface area contributed by atoms with E-state index >= 15 is 0 Å². The summed E-state index contributed by atoms with van der Waals surface area (Å²) in [6, 6.07) is 16.8. The molecule has 1 aliphatic heterocycles. The van der Waals surface area contributed by atoms with Crippen LogP contribution in [0.5, 0.6) is 0 Å². The molecule has 3 rings (SSSR count). The van der Waals surface area contributed by atoms with Gasteiger partial charge in [0.1, 0.15) is 0 Å². The van der Waals surface area contributed by atoms with Gasteiger partial charge in [0.2, 0.25) is 11.8 Å². The molecule has 0 unspecified atom stereocenters. The van der Waals surface area contributed by atoms with E-state index in [2.05, 4.69) is 5.32 Å². The summed E-state index contributed by atoms with van der Waals surface area (Å²) in [7, 11) is 0. The largest absolute Gasteiger partial charge is 0.369 e. The van der Waals surface area contributed by atoms with Crippen molar-refractivity contribution in [3.8, 4) is 0 Å². The zero-order valence-corrected chi connectivity index (χ0v) is 15.8. The number of nitrogens with one attached hydrogen (secondary N) is 1. The second-order valence-electron chi connectivity index (χ2n) is 7.05. The quantitative estimate of drug-likeness (QED) is 0.808. The minimum atomic E-state index is -0.307. The maximum Gasteiger partial charge on any atom is 0.255 e. The molecule has 146 valence electrons. The van der Waals surface area contributed by atoms with Gasteiger partial charge in [0, 0.05) is 25.4 Å². The minimum Gasteiger partial charge on any atom is -0.369 e. The minimum absolute atomic E-state index is 0.128. The number of primary amides is 1. The van der Waals surface area contributed by atoms with Gasteiger partial charge in [-0.3, -0.25) is 14.4 Å². The highest BCUT2D eigenvalue weighted by atomic mass is 16.2.